The van der Waals surface area contributed by atoms with E-state index in [1.165, 1.54) is 17.3 Å². The number of rotatable bonds is 5. The molecule has 0 saturated carbocycles. The second kappa shape index (κ2) is 8.91. The molecule has 5 N–H and O–H groups in total. The van der Waals surface area contributed by atoms with Crippen molar-refractivity contribution in [1.29, 1.82) is 0 Å². The van der Waals surface area contributed by atoms with E-state index in [9.17, 15) is 9.59 Å². The van der Waals surface area contributed by atoms with E-state index < -0.39 is 6.03 Å². The summed E-state index contributed by atoms with van der Waals surface area (Å²) in [5.74, 6) is 0.337. The number of nitrogens with zero attached hydrogens (tertiary/aromatic N) is 3. The number of nitrogens with two attached hydrogens (primary N) is 1. The van der Waals surface area contributed by atoms with Crippen LogP contribution in [0.4, 0.5) is 33.5 Å². The molecule has 0 aliphatic carbocycles. The Morgan fingerprint density at radius 1 is 1.00 bits per heavy atom. The van der Waals surface area contributed by atoms with Crippen LogP contribution in [0.1, 0.15) is 15.9 Å². The third-order valence-electron chi connectivity index (χ3n) is 4.47. The van der Waals surface area contributed by atoms with Crippen LogP contribution in [-0.4, -0.2) is 36.0 Å². The van der Waals surface area contributed by atoms with E-state index in [0.717, 1.165) is 11.3 Å². The highest BCUT2D eigenvalue weighted by Crippen LogP contribution is 2.21. The minimum Gasteiger partial charge on any atom is -0.388 e. The van der Waals surface area contributed by atoms with Crippen LogP contribution in [0.3, 0.4) is 0 Å². The van der Waals surface area contributed by atoms with Gasteiger partial charge in [0.1, 0.15) is 18.0 Å². The summed E-state index contributed by atoms with van der Waals surface area (Å²) in [6.45, 7) is 1.84. The van der Waals surface area contributed by atoms with E-state index in [1.807, 2.05) is 32.2 Å². The summed E-state index contributed by atoms with van der Waals surface area (Å²) >= 11 is 0. The molecule has 0 saturated heterocycles. The van der Waals surface area contributed by atoms with Gasteiger partial charge in [-0.15, -0.1) is 0 Å². The number of nitrogens with one attached hydrogen (secondary N) is 3. The van der Waals surface area contributed by atoms with Gasteiger partial charge in [0, 0.05) is 42.8 Å². The highest BCUT2D eigenvalue weighted by molar-refractivity contribution is 6.06. The van der Waals surface area contributed by atoms with E-state index in [0.29, 0.717) is 22.8 Å². The molecule has 0 atom stereocenters. The van der Waals surface area contributed by atoms with Gasteiger partial charge in [0.25, 0.3) is 5.91 Å². The van der Waals surface area contributed by atoms with E-state index in [-0.39, 0.29) is 11.7 Å². The second-order valence-electron chi connectivity index (χ2n) is 6.60. The van der Waals surface area contributed by atoms with Crippen LogP contribution >= 0.6 is 0 Å². The van der Waals surface area contributed by atoms with Gasteiger partial charge in [0.15, 0.2) is 0 Å². The normalized spacial score (nSPS) is 10.2. The third-order valence-corrected chi connectivity index (χ3v) is 4.47. The monoisotopic (exact) mass is 405 g/mol. The quantitative estimate of drug-likeness (QED) is 0.516. The average molecular weight is 405 g/mol. The van der Waals surface area contributed by atoms with E-state index in [1.54, 1.807) is 31.3 Å². The lowest BCUT2D eigenvalue weighted by Crippen LogP contribution is -2.32. The number of aromatic nitrogens is 2. The van der Waals surface area contributed by atoms with Crippen molar-refractivity contribution < 1.29 is 9.59 Å². The molecule has 0 aliphatic rings. The zero-order chi connectivity index (χ0) is 21.7. The summed E-state index contributed by atoms with van der Waals surface area (Å²) in [6, 6.07) is 13.6. The summed E-state index contributed by atoms with van der Waals surface area (Å²) < 4.78 is 0. The van der Waals surface area contributed by atoms with Crippen molar-refractivity contribution in [3.63, 3.8) is 0 Å². The fraction of sp³-hybridized carbons (Fsp3) is 0.143. The molecule has 0 spiro atoms. The number of carbonyl (C=O) groups excluding carboxylic acids is 2. The molecule has 0 aliphatic heterocycles. The van der Waals surface area contributed by atoms with Gasteiger partial charge in [0.05, 0.1) is 0 Å². The van der Waals surface area contributed by atoms with Crippen molar-refractivity contribution in [2.75, 3.05) is 40.7 Å². The molecule has 9 nitrogen and oxygen atoms in total. The number of amides is 3. The second-order valence-corrected chi connectivity index (χ2v) is 6.60. The first kappa shape index (κ1) is 20.6. The van der Waals surface area contributed by atoms with Crippen LogP contribution in [0.25, 0.3) is 0 Å². The summed E-state index contributed by atoms with van der Waals surface area (Å²) in [5.41, 5.74) is 8.95. The van der Waals surface area contributed by atoms with Gasteiger partial charge in [-0.05, 0) is 42.8 Å². The molecule has 30 heavy (non-hydrogen) atoms. The summed E-state index contributed by atoms with van der Waals surface area (Å²) in [6.07, 6.45) is 1.29. The van der Waals surface area contributed by atoms with E-state index in [4.69, 9.17) is 5.73 Å². The zero-order valence-electron chi connectivity index (χ0n) is 16.9. The maximum atomic E-state index is 12.7. The van der Waals surface area contributed by atoms with Gasteiger partial charge < -0.3 is 21.7 Å². The molecule has 0 radical (unpaired) electrons. The van der Waals surface area contributed by atoms with Crippen molar-refractivity contribution in [3.8, 4) is 0 Å². The fourth-order valence-corrected chi connectivity index (χ4v) is 2.70. The Hall–Kier alpha value is -4.14. The van der Waals surface area contributed by atoms with Crippen LogP contribution in [-0.2, 0) is 0 Å². The molecule has 3 amide bonds. The van der Waals surface area contributed by atoms with Crippen molar-refractivity contribution >= 4 is 40.6 Å². The predicted octanol–water partition coefficient (Wildman–Crippen LogP) is 3.33. The van der Waals surface area contributed by atoms with Crippen molar-refractivity contribution in [2.45, 2.75) is 6.92 Å². The van der Waals surface area contributed by atoms with Gasteiger partial charge in [-0.25, -0.2) is 14.8 Å². The minimum absolute atomic E-state index is 0.261. The standard InChI is InChI=1S/C21H23N7O2/c1-13-7-8-14(20(29)26-16-6-4-5-15(10-16)23-2)9-17(13)27-21(30)28(3)19-11-18(22)24-12-25-19/h4-12,23H,1-3H3,(H,26,29)(H,27,30)(H2,22,24,25). The number of aryl methyl sites for hydroxylation is 1. The Morgan fingerprint density at radius 3 is 2.50 bits per heavy atom. The lowest BCUT2D eigenvalue weighted by atomic mass is 10.1. The summed E-state index contributed by atoms with van der Waals surface area (Å²) in [7, 11) is 3.38. The topological polar surface area (TPSA) is 125 Å². The van der Waals surface area contributed by atoms with Crippen molar-refractivity contribution in [3.05, 3.63) is 66.0 Å². The molecule has 3 aromatic rings. The van der Waals surface area contributed by atoms with Gasteiger partial charge in [-0.2, -0.15) is 0 Å². The molecular weight excluding hydrogens is 382 g/mol. The number of hydrogen-bond acceptors (Lipinski definition) is 6. The van der Waals surface area contributed by atoms with E-state index >= 15 is 0 Å². The molecular formula is C21H23N7O2. The molecule has 154 valence electrons. The number of nitrogen functional groups attached to an aromatic ring is 1. The third kappa shape index (κ3) is 4.82. The molecule has 9 heteroatoms. The molecule has 2 aromatic carbocycles. The molecule has 1 aromatic heterocycles. The van der Waals surface area contributed by atoms with Crippen LogP contribution in [0.5, 0.6) is 0 Å². The molecule has 0 bridgehead atoms. The zero-order valence-corrected chi connectivity index (χ0v) is 16.9. The SMILES string of the molecule is CNc1cccc(NC(=O)c2ccc(C)c(NC(=O)N(C)c3cc(N)ncn3)c2)c1. The Bertz CT molecular complexity index is 1080. The Balaban J connectivity index is 1.75. The summed E-state index contributed by atoms with van der Waals surface area (Å²) in [5, 5.41) is 8.68. The molecule has 3 rings (SSSR count). The predicted molar refractivity (Wildman–Crippen MR) is 119 cm³/mol. The van der Waals surface area contributed by atoms with Crippen molar-refractivity contribution in [2.24, 2.45) is 0 Å². The Kier molecular flexibility index (Phi) is 6.11. The van der Waals surface area contributed by atoms with Crippen LogP contribution < -0.4 is 26.6 Å². The van der Waals surface area contributed by atoms with Gasteiger partial charge >= 0.3 is 6.03 Å². The molecule has 0 fully saturated rings. The van der Waals surface area contributed by atoms with E-state index in [2.05, 4.69) is 25.9 Å². The van der Waals surface area contributed by atoms with Crippen molar-refractivity contribution in [1.82, 2.24) is 9.97 Å². The lowest BCUT2D eigenvalue weighted by Gasteiger charge is -2.18. The minimum atomic E-state index is -0.421. The molecule has 0 unspecified atom stereocenters. The number of urea groups is 1. The van der Waals surface area contributed by atoms with Crippen LogP contribution in [0.2, 0.25) is 0 Å². The maximum absolute atomic E-state index is 12.7. The Morgan fingerprint density at radius 2 is 1.77 bits per heavy atom. The largest absolute Gasteiger partial charge is 0.388 e. The number of carbonyl (C=O) groups is 2. The van der Waals surface area contributed by atoms with Gasteiger partial charge in [-0.1, -0.05) is 12.1 Å². The highest BCUT2D eigenvalue weighted by Gasteiger charge is 2.15. The smallest absolute Gasteiger partial charge is 0.327 e. The Labute approximate surface area is 174 Å². The van der Waals surface area contributed by atoms with Crippen LogP contribution in [0.15, 0.2) is 54.9 Å². The van der Waals surface area contributed by atoms with Gasteiger partial charge in [0.2, 0.25) is 0 Å². The van der Waals surface area contributed by atoms with Crippen LogP contribution in [0, 0.1) is 6.92 Å². The molecule has 1 heterocycles. The maximum Gasteiger partial charge on any atom is 0.327 e. The fourth-order valence-electron chi connectivity index (χ4n) is 2.70. The number of benzene rings is 2. The first-order valence-corrected chi connectivity index (χ1v) is 9.19. The highest BCUT2D eigenvalue weighted by atomic mass is 16.2. The lowest BCUT2D eigenvalue weighted by molar-refractivity contribution is 0.102. The number of hydrogen-bond donors (Lipinski definition) is 4. The summed E-state index contributed by atoms with van der Waals surface area (Å²) in [4.78, 5) is 34.5. The first-order chi connectivity index (χ1) is 14.4. The number of anilines is 5. The first-order valence-electron chi connectivity index (χ1n) is 9.19. The average Bonchev–Trinajstić information content (AvgIpc) is 2.74. The van der Waals surface area contributed by atoms with Gasteiger partial charge in [-0.3, -0.25) is 9.69 Å².